The highest BCUT2D eigenvalue weighted by molar-refractivity contribution is 5.85. The highest BCUT2D eigenvalue weighted by Gasteiger charge is 2.16. The minimum Gasteiger partial charge on any atom is -0.412 e. The minimum atomic E-state index is 0. The lowest BCUT2D eigenvalue weighted by molar-refractivity contribution is 0.567. The van der Waals surface area contributed by atoms with Crippen molar-refractivity contribution in [3.63, 3.8) is 0 Å². The molecule has 0 aromatic carbocycles. The number of H-pyrrole nitrogens is 1. The zero-order valence-electron chi connectivity index (χ0n) is 8.63. The van der Waals surface area contributed by atoms with E-state index in [0.29, 0.717) is 6.54 Å². The van der Waals surface area contributed by atoms with E-state index in [4.69, 9.17) is 5.73 Å². The van der Waals surface area contributed by atoms with E-state index in [-0.39, 0.29) is 35.7 Å². The van der Waals surface area contributed by atoms with Gasteiger partial charge in [-0.05, 0) is 6.07 Å². The average Bonchev–Trinajstić information content (AvgIpc) is 2.32. The molecule has 1 heterocycles. The molecule has 0 unspecified atom stereocenters. The van der Waals surface area contributed by atoms with Crippen molar-refractivity contribution in [2.24, 2.45) is 5.73 Å². The van der Waals surface area contributed by atoms with Gasteiger partial charge in [-0.1, -0.05) is 20.8 Å². The van der Waals surface area contributed by atoms with Crippen molar-refractivity contribution < 1.29 is 5.48 Å². The molecule has 6 heteroatoms. The molecular formula is C8H19Cl2N3O. The molecular weight excluding hydrogens is 225 g/mol. The molecule has 5 N–H and O–H groups in total. The van der Waals surface area contributed by atoms with Gasteiger partial charge >= 0.3 is 0 Å². The highest BCUT2D eigenvalue weighted by atomic mass is 35.5. The van der Waals surface area contributed by atoms with Crippen molar-refractivity contribution in [3.05, 3.63) is 17.5 Å². The van der Waals surface area contributed by atoms with Crippen LogP contribution in [0.5, 0.6) is 0 Å². The fraction of sp³-hybridized carbons (Fsp3) is 0.625. The van der Waals surface area contributed by atoms with E-state index in [9.17, 15) is 0 Å². The summed E-state index contributed by atoms with van der Waals surface area (Å²) in [5, 5.41) is 7.04. The molecule has 0 amide bonds. The third-order valence-corrected chi connectivity index (χ3v) is 1.62. The molecule has 1 aromatic rings. The van der Waals surface area contributed by atoms with E-state index in [1.54, 1.807) is 0 Å². The van der Waals surface area contributed by atoms with Gasteiger partial charge in [0.05, 0.1) is 5.69 Å². The highest BCUT2D eigenvalue weighted by Crippen LogP contribution is 2.19. The largest absolute Gasteiger partial charge is 0.412 e. The number of nitrogens with zero attached hydrogens (tertiary/aromatic N) is 1. The van der Waals surface area contributed by atoms with Crippen LogP contribution in [-0.4, -0.2) is 15.7 Å². The zero-order chi connectivity index (χ0) is 8.48. The molecule has 86 valence electrons. The number of nitrogens with two attached hydrogens (primary N) is 1. The molecule has 0 radical (unpaired) electrons. The van der Waals surface area contributed by atoms with Crippen LogP contribution in [0.4, 0.5) is 0 Å². The average molecular weight is 244 g/mol. The SMILES string of the molecule is CC(C)(C)c1cc(CN)[nH]n1.Cl.Cl.O. The molecule has 0 aliphatic rings. The van der Waals surface area contributed by atoms with Crippen molar-refractivity contribution in [1.29, 1.82) is 0 Å². The fourth-order valence-corrected chi connectivity index (χ4v) is 0.850. The van der Waals surface area contributed by atoms with Crippen LogP contribution in [0.25, 0.3) is 0 Å². The smallest absolute Gasteiger partial charge is 0.0678 e. The summed E-state index contributed by atoms with van der Waals surface area (Å²) in [4.78, 5) is 0. The van der Waals surface area contributed by atoms with Gasteiger partial charge in [-0.3, -0.25) is 5.10 Å². The van der Waals surface area contributed by atoms with Gasteiger partial charge in [0.25, 0.3) is 0 Å². The summed E-state index contributed by atoms with van der Waals surface area (Å²) in [6.45, 7) is 6.92. The third kappa shape index (κ3) is 4.81. The number of halogens is 2. The topological polar surface area (TPSA) is 86.2 Å². The van der Waals surface area contributed by atoms with E-state index < -0.39 is 0 Å². The van der Waals surface area contributed by atoms with Crippen molar-refractivity contribution >= 4 is 24.8 Å². The van der Waals surface area contributed by atoms with Crippen LogP contribution in [0.15, 0.2) is 6.07 Å². The first-order valence-electron chi connectivity index (χ1n) is 3.79. The molecule has 0 aliphatic carbocycles. The maximum absolute atomic E-state index is 5.44. The first-order valence-corrected chi connectivity index (χ1v) is 3.79. The van der Waals surface area contributed by atoms with E-state index in [0.717, 1.165) is 11.4 Å². The Hall–Kier alpha value is -0.290. The van der Waals surface area contributed by atoms with Gasteiger partial charge in [0, 0.05) is 17.7 Å². The fourth-order valence-electron chi connectivity index (χ4n) is 0.850. The number of hydrogen-bond donors (Lipinski definition) is 2. The van der Waals surface area contributed by atoms with Gasteiger partial charge in [0.15, 0.2) is 0 Å². The van der Waals surface area contributed by atoms with E-state index in [1.807, 2.05) is 6.07 Å². The lowest BCUT2D eigenvalue weighted by Gasteiger charge is -2.13. The Bertz CT molecular complexity index is 245. The Balaban J connectivity index is -0.000000403. The van der Waals surface area contributed by atoms with E-state index in [2.05, 4.69) is 31.0 Å². The second-order valence-electron chi connectivity index (χ2n) is 3.73. The predicted octanol–water partition coefficient (Wildman–Crippen LogP) is 1.18. The Labute approximate surface area is 96.8 Å². The number of aromatic nitrogens is 2. The van der Waals surface area contributed by atoms with Gasteiger partial charge in [-0.15, -0.1) is 24.8 Å². The Morgan fingerprint density at radius 1 is 1.36 bits per heavy atom. The molecule has 14 heavy (non-hydrogen) atoms. The van der Waals surface area contributed by atoms with Crippen molar-refractivity contribution in [2.45, 2.75) is 32.7 Å². The molecule has 0 fully saturated rings. The van der Waals surface area contributed by atoms with Gasteiger partial charge in [-0.2, -0.15) is 5.10 Å². The first-order chi connectivity index (χ1) is 5.04. The molecule has 0 aliphatic heterocycles. The van der Waals surface area contributed by atoms with Crippen LogP contribution >= 0.6 is 24.8 Å². The Kier molecular flexibility index (Phi) is 9.74. The molecule has 0 bridgehead atoms. The summed E-state index contributed by atoms with van der Waals surface area (Å²) in [7, 11) is 0. The van der Waals surface area contributed by atoms with Crippen LogP contribution in [-0.2, 0) is 12.0 Å². The number of hydrogen-bond acceptors (Lipinski definition) is 2. The lowest BCUT2D eigenvalue weighted by atomic mass is 9.92. The molecule has 1 rings (SSSR count). The summed E-state index contributed by atoms with van der Waals surface area (Å²) < 4.78 is 0. The summed E-state index contributed by atoms with van der Waals surface area (Å²) in [6, 6.07) is 2.01. The van der Waals surface area contributed by atoms with Crippen molar-refractivity contribution in [3.8, 4) is 0 Å². The van der Waals surface area contributed by atoms with Crippen LogP contribution in [0.3, 0.4) is 0 Å². The summed E-state index contributed by atoms with van der Waals surface area (Å²) in [5.74, 6) is 0. The molecule has 0 spiro atoms. The van der Waals surface area contributed by atoms with Crippen molar-refractivity contribution in [2.75, 3.05) is 0 Å². The second kappa shape index (κ2) is 7.06. The van der Waals surface area contributed by atoms with Gasteiger partial charge in [0.2, 0.25) is 0 Å². The summed E-state index contributed by atoms with van der Waals surface area (Å²) in [5.41, 5.74) is 7.61. The molecule has 1 aromatic heterocycles. The third-order valence-electron chi connectivity index (χ3n) is 1.62. The quantitative estimate of drug-likeness (QED) is 0.777. The standard InChI is InChI=1S/C8H15N3.2ClH.H2O/c1-8(2,3)7-4-6(5-9)10-11-7;;;/h4H,5,9H2,1-3H3,(H,10,11);2*1H;1H2. The monoisotopic (exact) mass is 243 g/mol. The Morgan fingerprint density at radius 3 is 2.07 bits per heavy atom. The number of nitrogens with one attached hydrogen (secondary N) is 1. The first kappa shape index (κ1) is 19.3. The van der Waals surface area contributed by atoms with Crippen LogP contribution in [0.2, 0.25) is 0 Å². The number of aromatic amines is 1. The maximum atomic E-state index is 5.44. The normalized spacial score (nSPS) is 9.43. The Morgan fingerprint density at radius 2 is 1.86 bits per heavy atom. The van der Waals surface area contributed by atoms with E-state index in [1.165, 1.54) is 0 Å². The van der Waals surface area contributed by atoms with Crippen LogP contribution in [0.1, 0.15) is 32.2 Å². The number of rotatable bonds is 1. The summed E-state index contributed by atoms with van der Waals surface area (Å²) in [6.07, 6.45) is 0. The van der Waals surface area contributed by atoms with Gasteiger partial charge in [0.1, 0.15) is 0 Å². The molecule has 0 saturated carbocycles. The maximum Gasteiger partial charge on any atom is 0.0678 e. The van der Waals surface area contributed by atoms with E-state index >= 15 is 0 Å². The van der Waals surface area contributed by atoms with Gasteiger partial charge in [-0.25, -0.2) is 0 Å². The zero-order valence-corrected chi connectivity index (χ0v) is 10.3. The summed E-state index contributed by atoms with van der Waals surface area (Å²) >= 11 is 0. The molecule has 0 saturated heterocycles. The lowest BCUT2D eigenvalue weighted by Crippen LogP contribution is -2.11. The van der Waals surface area contributed by atoms with Crippen LogP contribution in [0, 0.1) is 0 Å². The predicted molar refractivity (Wildman–Crippen MR) is 63.3 cm³/mol. The second-order valence-corrected chi connectivity index (χ2v) is 3.73. The van der Waals surface area contributed by atoms with Crippen LogP contribution < -0.4 is 5.73 Å². The minimum absolute atomic E-state index is 0. The molecule has 0 atom stereocenters. The molecule has 4 nitrogen and oxygen atoms in total. The van der Waals surface area contributed by atoms with Crippen molar-refractivity contribution in [1.82, 2.24) is 10.2 Å². The van der Waals surface area contributed by atoms with Gasteiger partial charge < -0.3 is 11.2 Å².